The van der Waals surface area contributed by atoms with E-state index >= 15 is 0 Å². The van der Waals surface area contributed by atoms with Gasteiger partial charge in [0.25, 0.3) is 0 Å². The van der Waals surface area contributed by atoms with E-state index in [-0.39, 0.29) is 18.6 Å². The minimum atomic E-state index is -1.09. The topological polar surface area (TPSA) is 100 Å². The molecule has 0 N–H and O–H groups in total. The molecule has 0 saturated carbocycles. The number of cyclic esters (lactones) is 1. The minimum Gasteiger partial charge on any atom is -0.447 e. The summed E-state index contributed by atoms with van der Waals surface area (Å²) in [6.07, 6.45) is 1.26. The van der Waals surface area contributed by atoms with Crippen molar-refractivity contribution in [1.29, 1.82) is 0 Å². The van der Waals surface area contributed by atoms with Gasteiger partial charge in [0.2, 0.25) is 5.91 Å². The predicted molar refractivity (Wildman–Crippen MR) is 106 cm³/mol. The molecule has 2 unspecified atom stereocenters. The number of benzene rings is 1. The zero-order valence-electron chi connectivity index (χ0n) is 16.8. The van der Waals surface area contributed by atoms with Crippen LogP contribution in [0.2, 0.25) is 0 Å². The van der Waals surface area contributed by atoms with E-state index in [9.17, 15) is 9.59 Å². The number of carbonyl (C=O) groups excluding carboxylic acids is 2. The lowest BCUT2D eigenvalue weighted by atomic mass is 9.77. The molecule has 2 heterocycles. The monoisotopic (exact) mass is 383 g/mol. The summed E-state index contributed by atoms with van der Waals surface area (Å²) in [6, 6.07) is 6.38. The molecule has 148 valence electrons. The molecule has 1 aliphatic rings. The molecule has 8 nitrogen and oxygen atoms in total. The number of azide groups is 1. The Morgan fingerprint density at radius 2 is 2.04 bits per heavy atom. The third-order valence-corrected chi connectivity index (χ3v) is 5.59. The van der Waals surface area contributed by atoms with Crippen LogP contribution in [0.25, 0.3) is 21.3 Å². The number of fused-ring (bicyclic) bond motifs is 1. The number of ether oxygens (including phenoxy) is 1. The highest BCUT2D eigenvalue weighted by atomic mass is 16.6. The van der Waals surface area contributed by atoms with Crippen LogP contribution in [0.3, 0.4) is 0 Å². The van der Waals surface area contributed by atoms with E-state index in [1.54, 1.807) is 0 Å². The molecule has 1 aromatic heterocycles. The summed E-state index contributed by atoms with van der Waals surface area (Å²) in [6.45, 7) is 7.71. The smallest absolute Gasteiger partial charge is 0.416 e. The maximum Gasteiger partial charge on any atom is 0.416 e. The van der Waals surface area contributed by atoms with Crippen molar-refractivity contribution in [2.24, 2.45) is 18.1 Å². The second kappa shape index (κ2) is 7.20. The first-order chi connectivity index (χ1) is 13.2. The van der Waals surface area contributed by atoms with Gasteiger partial charge in [-0.15, -0.1) is 0 Å². The van der Waals surface area contributed by atoms with Gasteiger partial charge in [0.15, 0.2) is 0 Å². The van der Waals surface area contributed by atoms with Gasteiger partial charge in [-0.2, -0.15) is 0 Å². The number of imide groups is 1. The van der Waals surface area contributed by atoms with Crippen molar-refractivity contribution >= 4 is 22.9 Å². The summed E-state index contributed by atoms with van der Waals surface area (Å²) in [5.74, 6) is -0.500. The number of aromatic nitrogens is 1. The highest BCUT2D eigenvalue weighted by Gasteiger charge is 2.47. The van der Waals surface area contributed by atoms with Gasteiger partial charge >= 0.3 is 6.09 Å². The zero-order chi connectivity index (χ0) is 20.6. The zero-order valence-corrected chi connectivity index (χ0v) is 16.8. The molecule has 3 rings (SSSR count). The molecular formula is C20H25N5O3. The summed E-state index contributed by atoms with van der Waals surface area (Å²) >= 11 is 0. The average molecular weight is 383 g/mol. The fourth-order valence-corrected chi connectivity index (χ4v) is 3.87. The highest BCUT2D eigenvalue weighted by Crippen LogP contribution is 2.37. The number of aryl methyl sites for hydroxylation is 1. The van der Waals surface area contributed by atoms with Crippen molar-refractivity contribution in [2.45, 2.75) is 45.2 Å². The van der Waals surface area contributed by atoms with Gasteiger partial charge in [-0.3, -0.25) is 4.79 Å². The first-order valence-electron chi connectivity index (χ1n) is 9.28. The molecule has 1 aromatic carbocycles. The van der Waals surface area contributed by atoms with E-state index < -0.39 is 23.5 Å². The molecular weight excluding hydrogens is 358 g/mol. The Morgan fingerprint density at radius 3 is 2.68 bits per heavy atom. The molecule has 0 aliphatic carbocycles. The molecule has 1 aliphatic heterocycles. The van der Waals surface area contributed by atoms with Crippen LogP contribution in [-0.4, -0.2) is 40.2 Å². The van der Waals surface area contributed by atoms with Crippen molar-refractivity contribution < 1.29 is 14.3 Å². The molecule has 2 atom stereocenters. The van der Waals surface area contributed by atoms with E-state index in [0.29, 0.717) is 0 Å². The van der Waals surface area contributed by atoms with Crippen LogP contribution in [0.4, 0.5) is 4.79 Å². The van der Waals surface area contributed by atoms with Crippen LogP contribution in [0.1, 0.15) is 33.3 Å². The maximum absolute atomic E-state index is 13.4. The molecule has 8 heteroatoms. The van der Waals surface area contributed by atoms with E-state index in [1.165, 1.54) is 0 Å². The SMILES string of the molecule is CC(C)C1COC(=O)N1C(=O)C(N=[N+]=[N-])C(C)(C)c1cn(C)c2ccccc12. The third-order valence-electron chi connectivity index (χ3n) is 5.59. The van der Waals surface area contributed by atoms with Crippen molar-refractivity contribution in [3.8, 4) is 0 Å². The average Bonchev–Trinajstić information content (AvgIpc) is 3.20. The van der Waals surface area contributed by atoms with Crippen molar-refractivity contribution in [3.05, 3.63) is 46.5 Å². The molecule has 28 heavy (non-hydrogen) atoms. The Balaban J connectivity index is 2.09. The second-order valence-electron chi connectivity index (χ2n) is 8.10. The normalized spacial score (nSPS) is 18.3. The fourth-order valence-electron chi connectivity index (χ4n) is 3.87. The van der Waals surface area contributed by atoms with Crippen molar-refractivity contribution in [2.75, 3.05) is 6.61 Å². The Morgan fingerprint density at radius 1 is 1.36 bits per heavy atom. The Kier molecular flexibility index (Phi) is 5.08. The van der Waals surface area contributed by atoms with Gasteiger partial charge in [-0.05, 0) is 23.1 Å². The first kappa shape index (κ1) is 19.8. The number of carbonyl (C=O) groups is 2. The summed E-state index contributed by atoms with van der Waals surface area (Å²) in [5, 5.41) is 4.81. The van der Waals surface area contributed by atoms with Crippen LogP contribution < -0.4 is 0 Å². The highest BCUT2D eigenvalue weighted by molar-refractivity contribution is 5.98. The maximum atomic E-state index is 13.4. The number of rotatable bonds is 5. The summed E-state index contributed by atoms with van der Waals surface area (Å²) in [4.78, 5) is 29.7. The first-order valence-corrected chi connectivity index (χ1v) is 9.28. The number of hydrogen-bond acceptors (Lipinski definition) is 4. The van der Waals surface area contributed by atoms with Crippen molar-refractivity contribution in [3.63, 3.8) is 0 Å². The summed E-state index contributed by atoms with van der Waals surface area (Å²) < 4.78 is 7.09. The molecule has 0 spiro atoms. The Bertz CT molecular complexity index is 971. The van der Waals surface area contributed by atoms with Gasteiger partial charge in [-0.25, -0.2) is 9.69 Å². The number of amides is 2. The second-order valence-corrected chi connectivity index (χ2v) is 8.10. The number of nitrogens with zero attached hydrogens (tertiary/aromatic N) is 5. The largest absolute Gasteiger partial charge is 0.447 e. The molecule has 2 amide bonds. The lowest BCUT2D eigenvalue weighted by Gasteiger charge is -2.34. The van der Waals surface area contributed by atoms with Gasteiger partial charge in [0.1, 0.15) is 12.6 Å². The summed E-state index contributed by atoms with van der Waals surface area (Å²) in [5.41, 5.74) is 10.2. The van der Waals surface area contributed by atoms with Gasteiger partial charge in [0.05, 0.1) is 6.04 Å². The van der Waals surface area contributed by atoms with Crippen molar-refractivity contribution in [1.82, 2.24) is 9.47 Å². The minimum absolute atomic E-state index is 0.0304. The lowest BCUT2D eigenvalue weighted by molar-refractivity contribution is -0.132. The van der Waals surface area contributed by atoms with E-state index in [1.807, 2.05) is 69.8 Å². The number of hydrogen-bond donors (Lipinski definition) is 0. The van der Waals surface area contributed by atoms with Crippen LogP contribution in [0.5, 0.6) is 0 Å². The Labute approximate surface area is 163 Å². The third kappa shape index (κ3) is 3.10. The van der Waals surface area contributed by atoms with Gasteiger partial charge in [-0.1, -0.05) is 51.0 Å². The quantitative estimate of drug-likeness (QED) is 0.440. The van der Waals surface area contributed by atoms with Crippen LogP contribution in [-0.2, 0) is 22.0 Å². The Hall–Kier alpha value is -2.99. The van der Waals surface area contributed by atoms with Crippen LogP contribution in [0.15, 0.2) is 35.6 Å². The van der Waals surface area contributed by atoms with E-state index in [2.05, 4.69) is 10.0 Å². The van der Waals surface area contributed by atoms with E-state index in [4.69, 9.17) is 10.3 Å². The standard InChI is InChI=1S/C20H25N5O3/c1-12(2)16-11-28-19(27)25(16)18(26)17(22-23-21)20(3,4)14-10-24(5)15-9-7-6-8-13(14)15/h6-10,12,16-17H,11H2,1-5H3. The van der Waals surface area contributed by atoms with Gasteiger partial charge in [0, 0.05) is 34.5 Å². The van der Waals surface area contributed by atoms with Crippen LogP contribution >= 0.6 is 0 Å². The van der Waals surface area contributed by atoms with E-state index in [0.717, 1.165) is 21.4 Å². The molecule has 0 bridgehead atoms. The lowest BCUT2D eigenvalue weighted by Crippen LogP contribution is -2.51. The van der Waals surface area contributed by atoms with Crippen LogP contribution in [0, 0.1) is 5.92 Å². The predicted octanol–water partition coefficient (Wildman–Crippen LogP) is 4.14. The van der Waals surface area contributed by atoms with Gasteiger partial charge < -0.3 is 9.30 Å². The molecule has 0 radical (unpaired) electrons. The number of para-hydroxylation sites is 1. The molecule has 1 fully saturated rings. The molecule has 1 saturated heterocycles. The summed E-state index contributed by atoms with van der Waals surface area (Å²) in [7, 11) is 1.93. The fraction of sp³-hybridized carbons (Fsp3) is 0.500. The molecule has 2 aromatic rings.